The Morgan fingerprint density at radius 3 is 2.44 bits per heavy atom. The molecule has 186 valence electrons. The smallest absolute Gasteiger partial charge is 0.251 e. The Balaban J connectivity index is 1.27. The zero-order chi connectivity index (χ0) is 24.9. The van der Waals surface area contributed by atoms with Crippen molar-refractivity contribution in [2.45, 2.75) is 57.9 Å². The number of amides is 1. The van der Waals surface area contributed by atoms with Crippen LogP contribution in [0.1, 0.15) is 67.7 Å². The number of rotatable bonds is 6. The Hall–Kier alpha value is -3.37. The molecule has 1 saturated carbocycles. The molecule has 36 heavy (non-hydrogen) atoms. The molecule has 0 spiro atoms. The second-order valence-corrected chi connectivity index (χ2v) is 10.3. The highest BCUT2D eigenvalue weighted by molar-refractivity contribution is 6.07. The van der Waals surface area contributed by atoms with Gasteiger partial charge in [0, 0.05) is 29.3 Å². The minimum Gasteiger partial charge on any atom is -0.493 e. The van der Waals surface area contributed by atoms with Crippen molar-refractivity contribution >= 4 is 17.7 Å². The third-order valence-electron chi connectivity index (χ3n) is 7.55. The van der Waals surface area contributed by atoms with Gasteiger partial charge in [0.1, 0.15) is 5.75 Å². The molecule has 1 unspecified atom stereocenters. The fourth-order valence-electron chi connectivity index (χ4n) is 5.37. The lowest BCUT2D eigenvalue weighted by Gasteiger charge is -2.24. The van der Waals surface area contributed by atoms with Gasteiger partial charge >= 0.3 is 0 Å². The van der Waals surface area contributed by atoms with E-state index < -0.39 is 0 Å². The molecule has 3 aromatic rings. The molecule has 3 aromatic carbocycles. The van der Waals surface area contributed by atoms with Gasteiger partial charge in [0.15, 0.2) is 0 Å². The summed E-state index contributed by atoms with van der Waals surface area (Å²) in [6.45, 7) is 2.56. The monoisotopic (exact) mass is 480 g/mol. The maximum Gasteiger partial charge on any atom is 0.251 e. The topological polar surface area (TPSA) is 64.4 Å². The molecule has 0 bridgehead atoms. The molecule has 1 amide bonds. The van der Waals surface area contributed by atoms with Crippen LogP contribution in [-0.4, -0.2) is 12.5 Å². The zero-order valence-electron chi connectivity index (χ0n) is 21.1. The summed E-state index contributed by atoms with van der Waals surface area (Å²) in [5, 5.41) is 3.07. The summed E-state index contributed by atoms with van der Waals surface area (Å²) in [6, 6.07) is 22.7. The van der Waals surface area contributed by atoms with Crippen LogP contribution in [0, 0.1) is 12.8 Å². The second-order valence-electron chi connectivity index (χ2n) is 10.3. The third-order valence-corrected chi connectivity index (χ3v) is 7.55. The SMILES string of the molecule is Cc1ccc(-c2ccc3c(c2)C=C(C(=O)Nc2ccc(C(N)CC4CCCCC4)cc2)CCO3)cc1. The first-order chi connectivity index (χ1) is 17.5. The predicted octanol–water partition coefficient (Wildman–Crippen LogP) is 7.44. The van der Waals surface area contributed by atoms with E-state index in [0.717, 1.165) is 46.0 Å². The van der Waals surface area contributed by atoms with Crippen molar-refractivity contribution < 1.29 is 9.53 Å². The van der Waals surface area contributed by atoms with Gasteiger partial charge in [-0.15, -0.1) is 0 Å². The molecular formula is C32H36N2O2. The maximum absolute atomic E-state index is 13.1. The number of hydrogen-bond donors (Lipinski definition) is 2. The van der Waals surface area contributed by atoms with Crippen LogP contribution in [0.3, 0.4) is 0 Å². The van der Waals surface area contributed by atoms with Gasteiger partial charge in [-0.3, -0.25) is 4.79 Å². The van der Waals surface area contributed by atoms with Gasteiger partial charge in [0.2, 0.25) is 0 Å². The Kier molecular flexibility index (Phi) is 7.52. The number of carbonyl (C=O) groups excluding carboxylic acids is 1. The van der Waals surface area contributed by atoms with Gasteiger partial charge in [-0.05, 0) is 66.3 Å². The van der Waals surface area contributed by atoms with Gasteiger partial charge in [-0.2, -0.15) is 0 Å². The molecular weight excluding hydrogens is 444 g/mol. The van der Waals surface area contributed by atoms with Crippen LogP contribution in [0.25, 0.3) is 17.2 Å². The van der Waals surface area contributed by atoms with E-state index in [1.807, 2.05) is 24.3 Å². The lowest BCUT2D eigenvalue weighted by molar-refractivity contribution is -0.113. The minimum atomic E-state index is -0.0913. The molecule has 1 heterocycles. The van der Waals surface area contributed by atoms with E-state index in [1.54, 1.807) is 0 Å². The summed E-state index contributed by atoms with van der Waals surface area (Å²) < 4.78 is 5.95. The number of benzene rings is 3. The number of aryl methyl sites for hydroxylation is 1. The first kappa shape index (κ1) is 24.3. The molecule has 2 aliphatic rings. The predicted molar refractivity (Wildman–Crippen MR) is 148 cm³/mol. The van der Waals surface area contributed by atoms with Crippen LogP contribution in [-0.2, 0) is 4.79 Å². The van der Waals surface area contributed by atoms with Gasteiger partial charge in [-0.1, -0.05) is 80.1 Å². The van der Waals surface area contributed by atoms with E-state index in [9.17, 15) is 4.79 Å². The molecule has 1 aliphatic carbocycles. The normalized spacial score (nSPS) is 16.8. The van der Waals surface area contributed by atoms with Gasteiger partial charge in [0.25, 0.3) is 5.91 Å². The maximum atomic E-state index is 13.1. The Bertz CT molecular complexity index is 1220. The number of nitrogens with one attached hydrogen (secondary N) is 1. The molecule has 1 atom stereocenters. The van der Waals surface area contributed by atoms with Gasteiger partial charge in [0.05, 0.1) is 6.61 Å². The van der Waals surface area contributed by atoms with E-state index in [2.05, 4.69) is 60.8 Å². The molecule has 4 nitrogen and oxygen atoms in total. The van der Waals surface area contributed by atoms with Crippen LogP contribution < -0.4 is 15.8 Å². The highest BCUT2D eigenvalue weighted by Gasteiger charge is 2.19. The number of hydrogen-bond acceptors (Lipinski definition) is 3. The van der Waals surface area contributed by atoms with Crippen molar-refractivity contribution in [3.05, 3.63) is 89.0 Å². The summed E-state index contributed by atoms with van der Waals surface area (Å²) in [7, 11) is 0. The second kappa shape index (κ2) is 11.1. The number of fused-ring (bicyclic) bond motifs is 1. The van der Waals surface area contributed by atoms with E-state index in [0.29, 0.717) is 18.6 Å². The van der Waals surface area contributed by atoms with E-state index in [4.69, 9.17) is 10.5 Å². The number of carbonyl (C=O) groups is 1. The van der Waals surface area contributed by atoms with Crippen molar-refractivity contribution in [2.75, 3.05) is 11.9 Å². The van der Waals surface area contributed by atoms with Crippen molar-refractivity contribution in [2.24, 2.45) is 11.7 Å². The van der Waals surface area contributed by atoms with Gasteiger partial charge in [-0.25, -0.2) is 0 Å². The van der Waals surface area contributed by atoms with Crippen LogP contribution in [0.5, 0.6) is 5.75 Å². The molecule has 1 aliphatic heterocycles. The van der Waals surface area contributed by atoms with Crippen molar-refractivity contribution in [3.63, 3.8) is 0 Å². The molecule has 0 aromatic heterocycles. The fraction of sp³-hybridized carbons (Fsp3) is 0.344. The lowest BCUT2D eigenvalue weighted by Crippen LogP contribution is -2.18. The van der Waals surface area contributed by atoms with E-state index in [-0.39, 0.29) is 11.9 Å². The zero-order valence-corrected chi connectivity index (χ0v) is 21.1. The molecule has 3 N–H and O–H groups in total. The van der Waals surface area contributed by atoms with Crippen LogP contribution in [0.15, 0.2) is 72.3 Å². The van der Waals surface area contributed by atoms with Crippen molar-refractivity contribution in [1.29, 1.82) is 0 Å². The highest BCUT2D eigenvalue weighted by Crippen LogP contribution is 2.33. The van der Waals surface area contributed by atoms with Crippen molar-refractivity contribution in [1.82, 2.24) is 0 Å². The number of ether oxygens (including phenoxy) is 1. The van der Waals surface area contributed by atoms with E-state index >= 15 is 0 Å². The molecule has 0 radical (unpaired) electrons. The standard InChI is InChI=1S/C32H36N2O2/c1-22-7-9-24(10-8-22)26-13-16-31-28(20-26)21-27(17-18-36-31)32(35)34-29-14-11-25(12-15-29)30(33)19-23-5-3-2-4-6-23/h7-16,20-21,23,30H,2-6,17-19,33H2,1H3,(H,34,35). The van der Waals surface area contributed by atoms with Crippen LogP contribution in [0.4, 0.5) is 5.69 Å². The average Bonchev–Trinajstić information content (AvgIpc) is 3.12. The molecule has 5 rings (SSSR count). The van der Waals surface area contributed by atoms with Crippen molar-refractivity contribution in [3.8, 4) is 16.9 Å². The van der Waals surface area contributed by atoms with E-state index in [1.165, 1.54) is 37.7 Å². The Labute approximate surface area is 214 Å². The Morgan fingerprint density at radius 1 is 0.972 bits per heavy atom. The first-order valence-electron chi connectivity index (χ1n) is 13.3. The first-order valence-corrected chi connectivity index (χ1v) is 13.3. The summed E-state index contributed by atoms with van der Waals surface area (Å²) >= 11 is 0. The molecule has 0 saturated heterocycles. The fourth-order valence-corrected chi connectivity index (χ4v) is 5.37. The molecule has 4 heteroatoms. The lowest BCUT2D eigenvalue weighted by atomic mass is 9.83. The Morgan fingerprint density at radius 2 is 1.69 bits per heavy atom. The quantitative estimate of drug-likeness (QED) is 0.385. The highest BCUT2D eigenvalue weighted by atomic mass is 16.5. The third kappa shape index (κ3) is 5.88. The summed E-state index contributed by atoms with van der Waals surface area (Å²) in [5.41, 5.74) is 13.6. The summed E-state index contributed by atoms with van der Waals surface area (Å²) in [4.78, 5) is 13.1. The minimum absolute atomic E-state index is 0.0544. The van der Waals surface area contributed by atoms with Crippen LogP contribution in [0.2, 0.25) is 0 Å². The molecule has 1 fully saturated rings. The van der Waals surface area contributed by atoms with Gasteiger partial charge < -0.3 is 15.8 Å². The summed E-state index contributed by atoms with van der Waals surface area (Å²) in [6.07, 6.45) is 10.2. The average molecular weight is 481 g/mol. The largest absolute Gasteiger partial charge is 0.493 e. The number of anilines is 1. The number of nitrogens with two attached hydrogens (primary N) is 1. The summed E-state index contributed by atoms with van der Waals surface area (Å²) in [5.74, 6) is 1.46. The van der Waals surface area contributed by atoms with Crippen LogP contribution >= 0.6 is 0 Å².